The molecule has 20 heavy (non-hydrogen) atoms. The first-order valence-electron chi connectivity index (χ1n) is 6.86. The fourth-order valence-corrected chi connectivity index (χ4v) is 1.66. The summed E-state index contributed by atoms with van der Waals surface area (Å²) in [4.78, 5) is 22.7. The molecule has 0 saturated heterocycles. The van der Waals surface area contributed by atoms with Gasteiger partial charge in [-0.05, 0) is 30.7 Å². The van der Waals surface area contributed by atoms with Crippen LogP contribution in [0.1, 0.15) is 36.5 Å². The average molecular weight is 278 g/mol. The number of ether oxygens (including phenoxy) is 1. The third-order valence-electron chi connectivity index (χ3n) is 2.84. The van der Waals surface area contributed by atoms with Crippen LogP contribution in [-0.4, -0.2) is 32.1 Å². The topological polar surface area (TPSA) is 67.4 Å². The summed E-state index contributed by atoms with van der Waals surface area (Å²) < 4.78 is 4.62. The number of methoxy groups -OCH3 is 1. The molecule has 0 spiro atoms. The van der Waals surface area contributed by atoms with E-state index in [-0.39, 0.29) is 11.9 Å². The maximum absolute atomic E-state index is 11.5. The SMILES string of the molecule is CCCCNC(=O)CCNc1ccc(C(=O)OC)cc1. The number of rotatable bonds is 8. The predicted octanol–water partition coefficient (Wildman–Crippen LogP) is 2.19. The zero-order chi connectivity index (χ0) is 14.8. The van der Waals surface area contributed by atoms with Crippen molar-refractivity contribution in [3.63, 3.8) is 0 Å². The molecule has 110 valence electrons. The van der Waals surface area contributed by atoms with E-state index in [1.807, 2.05) is 0 Å². The Balaban J connectivity index is 2.28. The normalized spacial score (nSPS) is 9.90. The van der Waals surface area contributed by atoms with Gasteiger partial charge in [-0.2, -0.15) is 0 Å². The fourth-order valence-electron chi connectivity index (χ4n) is 1.66. The molecule has 0 radical (unpaired) electrons. The summed E-state index contributed by atoms with van der Waals surface area (Å²) in [5.41, 5.74) is 1.38. The molecule has 0 fully saturated rings. The Morgan fingerprint density at radius 1 is 1.15 bits per heavy atom. The highest BCUT2D eigenvalue weighted by Gasteiger charge is 2.04. The minimum atomic E-state index is -0.355. The highest BCUT2D eigenvalue weighted by Crippen LogP contribution is 2.10. The largest absolute Gasteiger partial charge is 0.465 e. The van der Waals surface area contributed by atoms with Crippen LogP contribution >= 0.6 is 0 Å². The standard InChI is InChI=1S/C15H22N2O3/c1-3-4-10-17-14(18)9-11-16-13-7-5-12(6-8-13)15(19)20-2/h5-8,16H,3-4,9-11H2,1-2H3,(H,17,18). The van der Waals surface area contributed by atoms with E-state index < -0.39 is 0 Å². The Labute approximate surface area is 119 Å². The Bertz CT molecular complexity index is 429. The molecule has 1 aromatic rings. The lowest BCUT2D eigenvalue weighted by Gasteiger charge is -2.07. The molecule has 5 heteroatoms. The molecule has 0 aliphatic carbocycles. The van der Waals surface area contributed by atoms with Gasteiger partial charge >= 0.3 is 5.97 Å². The van der Waals surface area contributed by atoms with E-state index in [1.54, 1.807) is 24.3 Å². The number of nitrogens with one attached hydrogen (secondary N) is 2. The van der Waals surface area contributed by atoms with Gasteiger partial charge in [0.1, 0.15) is 0 Å². The lowest BCUT2D eigenvalue weighted by Crippen LogP contribution is -2.26. The van der Waals surface area contributed by atoms with E-state index in [1.165, 1.54) is 7.11 Å². The third kappa shape index (κ3) is 5.73. The van der Waals surface area contributed by atoms with Gasteiger partial charge in [-0.1, -0.05) is 13.3 Å². The number of hydrogen-bond donors (Lipinski definition) is 2. The maximum Gasteiger partial charge on any atom is 0.337 e. The van der Waals surface area contributed by atoms with Gasteiger partial charge in [0.05, 0.1) is 12.7 Å². The molecule has 1 amide bonds. The second kappa shape index (κ2) is 8.96. The van der Waals surface area contributed by atoms with Crippen molar-refractivity contribution < 1.29 is 14.3 Å². The smallest absolute Gasteiger partial charge is 0.337 e. The summed E-state index contributed by atoms with van der Waals surface area (Å²) in [6.07, 6.45) is 2.52. The first kappa shape index (κ1) is 16.0. The van der Waals surface area contributed by atoms with E-state index in [2.05, 4.69) is 22.3 Å². The number of anilines is 1. The van der Waals surface area contributed by atoms with Crippen LogP contribution in [0.25, 0.3) is 0 Å². The van der Waals surface area contributed by atoms with Crippen molar-refractivity contribution >= 4 is 17.6 Å². The van der Waals surface area contributed by atoms with Gasteiger partial charge in [-0.3, -0.25) is 4.79 Å². The summed E-state index contributed by atoms with van der Waals surface area (Å²) >= 11 is 0. The molecule has 0 unspecified atom stereocenters. The zero-order valence-corrected chi connectivity index (χ0v) is 12.1. The fraction of sp³-hybridized carbons (Fsp3) is 0.467. The predicted molar refractivity (Wildman–Crippen MR) is 78.8 cm³/mol. The van der Waals surface area contributed by atoms with E-state index in [9.17, 15) is 9.59 Å². The molecule has 0 heterocycles. The summed E-state index contributed by atoms with van der Waals surface area (Å²) in [5.74, 6) is -0.302. The van der Waals surface area contributed by atoms with Crippen LogP contribution in [0.2, 0.25) is 0 Å². The number of benzene rings is 1. The highest BCUT2D eigenvalue weighted by atomic mass is 16.5. The van der Waals surface area contributed by atoms with E-state index in [0.717, 1.165) is 25.1 Å². The van der Waals surface area contributed by atoms with Gasteiger partial charge in [0.15, 0.2) is 0 Å². The number of amides is 1. The average Bonchev–Trinajstić information content (AvgIpc) is 2.47. The summed E-state index contributed by atoms with van der Waals surface area (Å²) in [6.45, 7) is 3.39. The van der Waals surface area contributed by atoms with Gasteiger partial charge in [-0.25, -0.2) is 4.79 Å². The van der Waals surface area contributed by atoms with Gasteiger partial charge in [0.2, 0.25) is 5.91 Å². The van der Waals surface area contributed by atoms with Crippen molar-refractivity contribution in [3.05, 3.63) is 29.8 Å². The first-order chi connectivity index (χ1) is 9.67. The molecule has 0 aliphatic rings. The number of carbonyl (C=O) groups is 2. The minimum Gasteiger partial charge on any atom is -0.465 e. The third-order valence-corrected chi connectivity index (χ3v) is 2.84. The van der Waals surface area contributed by atoms with Crippen LogP contribution in [0, 0.1) is 0 Å². The first-order valence-corrected chi connectivity index (χ1v) is 6.86. The van der Waals surface area contributed by atoms with E-state index in [0.29, 0.717) is 18.5 Å². The Kier molecular flexibility index (Phi) is 7.17. The van der Waals surface area contributed by atoms with Crippen molar-refractivity contribution in [1.29, 1.82) is 0 Å². The molecular weight excluding hydrogens is 256 g/mol. The van der Waals surface area contributed by atoms with E-state index in [4.69, 9.17) is 0 Å². The molecule has 0 aliphatic heterocycles. The van der Waals surface area contributed by atoms with Crippen molar-refractivity contribution in [2.24, 2.45) is 0 Å². The molecule has 2 N–H and O–H groups in total. The van der Waals surface area contributed by atoms with Crippen LogP contribution in [0.3, 0.4) is 0 Å². The zero-order valence-electron chi connectivity index (χ0n) is 12.1. The molecule has 0 atom stereocenters. The number of esters is 1. The molecule has 5 nitrogen and oxygen atoms in total. The Morgan fingerprint density at radius 3 is 2.45 bits per heavy atom. The molecule has 0 saturated carbocycles. The van der Waals surface area contributed by atoms with Crippen molar-refractivity contribution in [1.82, 2.24) is 5.32 Å². The molecular formula is C15H22N2O3. The molecule has 1 rings (SSSR count). The van der Waals surface area contributed by atoms with Crippen molar-refractivity contribution in [2.45, 2.75) is 26.2 Å². The number of unbranched alkanes of at least 4 members (excludes halogenated alkanes) is 1. The highest BCUT2D eigenvalue weighted by molar-refractivity contribution is 5.89. The van der Waals surface area contributed by atoms with Crippen LogP contribution in [0.15, 0.2) is 24.3 Å². The van der Waals surface area contributed by atoms with Crippen molar-refractivity contribution in [2.75, 3.05) is 25.5 Å². The Morgan fingerprint density at radius 2 is 1.85 bits per heavy atom. The van der Waals surface area contributed by atoms with Crippen molar-refractivity contribution in [3.8, 4) is 0 Å². The van der Waals surface area contributed by atoms with Gasteiger partial charge in [0, 0.05) is 25.2 Å². The lowest BCUT2D eigenvalue weighted by atomic mass is 10.2. The Hall–Kier alpha value is -2.04. The second-order valence-corrected chi connectivity index (χ2v) is 4.45. The summed E-state index contributed by atoms with van der Waals surface area (Å²) in [6, 6.07) is 6.97. The molecule has 0 bridgehead atoms. The number of hydrogen-bond acceptors (Lipinski definition) is 4. The minimum absolute atomic E-state index is 0.0529. The second-order valence-electron chi connectivity index (χ2n) is 4.45. The monoisotopic (exact) mass is 278 g/mol. The van der Waals surface area contributed by atoms with Crippen LogP contribution in [-0.2, 0) is 9.53 Å². The van der Waals surface area contributed by atoms with Crippen LogP contribution in [0.4, 0.5) is 5.69 Å². The molecule has 0 aromatic heterocycles. The summed E-state index contributed by atoms with van der Waals surface area (Å²) in [5, 5.41) is 6.00. The van der Waals surface area contributed by atoms with Crippen LogP contribution < -0.4 is 10.6 Å². The van der Waals surface area contributed by atoms with Crippen LogP contribution in [0.5, 0.6) is 0 Å². The quantitative estimate of drug-likeness (QED) is 0.565. The maximum atomic E-state index is 11.5. The van der Waals surface area contributed by atoms with Gasteiger partial charge < -0.3 is 15.4 Å². The lowest BCUT2D eigenvalue weighted by molar-refractivity contribution is -0.120. The molecule has 1 aromatic carbocycles. The number of carbonyl (C=O) groups excluding carboxylic acids is 2. The summed E-state index contributed by atoms with van der Waals surface area (Å²) in [7, 11) is 1.35. The van der Waals surface area contributed by atoms with E-state index >= 15 is 0 Å². The van der Waals surface area contributed by atoms with Gasteiger partial charge in [0.25, 0.3) is 0 Å². The van der Waals surface area contributed by atoms with Gasteiger partial charge in [-0.15, -0.1) is 0 Å².